The highest BCUT2D eigenvalue weighted by Crippen LogP contribution is 2.40. The van der Waals surface area contributed by atoms with Gasteiger partial charge in [0.1, 0.15) is 5.65 Å². The van der Waals surface area contributed by atoms with E-state index in [-0.39, 0.29) is 0 Å². The summed E-state index contributed by atoms with van der Waals surface area (Å²) in [7, 11) is 0. The molecule has 0 bridgehead atoms. The number of imidazole rings is 1. The molecule has 0 saturated heterocycles. The Morgan fingerprint density at radius 1 is 0.543 bits per heavy atom. The van der Waals surface area contributed by atoms with E-state index in [0.717, 1.165) is 39.2 Å². The molecule has 0 unspecified atom stereocenters. The second-order valence-corrected chi connectivity index (χ2v) is 8.93. The number of hydrogen-bond donors (Lipinski definition) is 0. The molecule has 0 fully saturated rings. The Hall–Kier alpha value is -4.83. The number of nitrogens with zero attached hydrogens (tertiary/aromatic N) is 4. The molecule has 0 N–H and O–H groups in total. The van der Waals surface area contributed by atoms with Crippen molar-refractivity contribution in [3.05, 3.63) is 121 Å². The Labute approximate surface area is 200 Å². The van der Waals surface area contributed by atoms with Crippen LogP contribution in [0.2, 0.25) is 0 Å². The Balaban J connectivity index is 1.72. The van der Waals surface area contributed by atoms with E-state index in [1.54, 1.807) is 0 Å². The molecular weight excluding hydrogens is 428 g/mol. The van der Waals surface area contributed by atoms with Gasteiger partial charge in [0.05, 0.1) is 22.1 Å². The molecular formula is C31H20N4. The van der Waals surface area contributed by atoms with Crippen LogP contribution in [0.1, 0.15) is 0 Å². The van der Waals surface area contributed by atoms with Gasteiger partial charge in [-0.15, -0.1) is 0 Å². The predicted octanol–water partition coefficient (Wildman–Crippen LogP) is 7.53. The van der Waals surface area contributed by atoms with Gasteiger partial charge in [-0.2, -0.15) is 0 Å². The van der Waals surface area contributed by atoms with Crippen molar-refractivity contribution in [1.82, 2.24) is 18.5 Å². The third-order valence-electron chi connectivity index (χ3n) is 7.04. The van der Waals surface area contributed by atoms with E-state index in [2.05, 4.69) is 135 Å². The molecule has 0 aliphatic carbocycles. The molecule has 8 aromatic rings. The van der Waals surface area contributed by atoms with Crippen molar-refractivity contribution in [2.45, 2.75) is 0 Å². The summed E-state index contributed by atoms with van der Waals surface area (Å²) in [5.41, 5.74) is 8.77. The summed E-state index contributed by atoms with van der Waals surface area (Å²) in [6, 6.07) is 40.5. The van der Waals surface area contributed by atoms with Crippen LogP contribution in [0, 0.1) is 0 Å². The van der Waals surface area contributed by atoms with Gasteiger partial charge in [0.2, 0.25) is 0 Å². The predicted molar refractivity (Wildman–Crippen MR) is 144 cm³/mol. The zero-order valence-corrected chi connectivity index (χ0v) is 18.8. The fraction of sp³-hybridized carbons (Fsp3) is 0. The van der Waals surface area contributed by atoms with E-state index in [1.807, 2.05) is 0 Å². The first-order valence-electron chi connectivity index (χ1n) is 11.8. The van der Waals surface area contributed by atoms with Crippen molar-refractivity contribution in [1.29, 1.82) is 0 Å². The average Bonchev–Trinajstić information content (AvgIpc) is 3.61. The van der Waals surface area contributed by atoms with E-state index >= 15 is 0 Å². The van der Waals surface area contributed by atoms with Crippen molar-refractivity contribution in [3.63, 3.8) is 0 Å². The summed E-state index contributed by atoms with van der Waals surface area (Å²) in [5, 5.41) is 3.68. The highest BCUT2D eigenvalue weighted by atomic mass is 15.2. The van der Waals surface area contributed by atoms with Crippen molar-refractivity contribution >= 4 is 49.5 Å². The zero-order chi connectivity index (χ0) is 22.9. The van der Waals surface area contributed by atoms with E-state index in [4.69, 9.17) is 4.98 Å². The van der Waals surface area contributed by atoms with E-state index in [9.17, 15) is 0 Å². The van der Waals surface area contributed by atoms with Crippen molar-refractivity contribution in [3.8, 4) is 11.4 Å². The summed E-state index contributed by atoms with van der Waals surface area (Å²) in [4.78, 5) is 5.19. The monoisotopic (exact) mass is 448 g/mol. The maximum absolute atomic E-state index is 5.19. The third-order valence-corrected chi connectivity index (χ3v) is 7.04. The van der Waals surface area contributed by atoms with Crippen LogP contribution in [0.3, 0.4) is 0 Å². The molecule has 0 atom stereocenters. The van der Waals surface area contributed by atoms with Crippen LogP contribution in [0.15, 0.2) is 121 Å². The van der Waals surface area contributed by atoms with E-state index in [0.29, 0.717) is 0 Å². The van der Waals surface area contributed by atoms with Crippen LogP contribution in [-0.4, -0.2) is 18.5 Å². The summed E-state index contributed by atoms with van der Waals surface area (Å²) < 4.78 is 7.00. The molecule has 4 heteroatoms. The molecule has 4 aromatic heterocycles. The molecule has 35 heavy (non-hydrogen) atoms. The molecule has 8 rings (SSSR count). The minimum Gasteiger partial charge on any atom is -0.313 e. The average molecular weight is 449 g/mol. The fourth-order valence-electron chi connectivity index (χ4n) is 5.61. The number of hydrogen-bond acceptors (Lipinski definition) is 1. The lowest BCUT2D eigenvalue weighted by molar-refractivity contribution is 1.10. The quantitative estimate of drug-likeness (QED) is 0.269. The van der Waals surface area contributed by atoms with Crippen molar-refractivity contribution in [2.24, 2.45) is 0 Å². The molecule has 0 radical (unpaired) electrons. The number of fused-ring (bicyclic) bond motifs is 10. The summed E-state index contributed by atoms with van der Waals surface area (Å²) in [6.07, 6.45) is 2.17. The van der Waals surface area contributed by atoms with Gasteiger partial charge in [0.15, 0.2) is 5.65 Å². The first-order chi connectivity index (χ1) is 17.4. The lowest BCUT2D eigenvalue weighted by atomic mass is 10.1. The van der Waals surface area contributed by atoms with Crippen LogP contribution >= 0.6 is 0 Å². The van der Waals surface area contributed by atoms with E-state index in [1.165, 1.54) is 21.7 Å². The van der Waals surface area contributed by atoms with Gasteiger partial charge in [-0.05, 0) is 48.5 Å². The third kappa shape index (κ3) is 2.43. The number of pyridine rings is 1. The topological polar surface area (TPSA) is 27.2 Å². The maximum Gasteiger partial charge on any atom is 0.164 e. The zero-order valence-electron chi connectivity index (χ0n) is 18.8. The molecule has 0 aliphatic heterocycles. The SMILES string of the molecule is c1ccc(-n2ccc3c4c5ccccc5n(-c5ccccc5)c4n4c5ccccc5nc4c32)cc1. The molecule has 0 spiro atoms. The Bertz CT molecular complexity index is 2040. The number of para-hydroxylation sites is 5. The first-order valence-corrected chi connectivity index (χ1v) is 11.8. The van der Waals surface area contributed by atoms with Crippen LogP contribution in [0.5, 0.6) is 0 Å². The van der Waals surface area contributed by atoms with Gasteiger partial charge in [0, 0.05) is 33.7 Å². The molecule has 0 aliphatic rings. The number of rotatable bonds is 2. The summed E-state index contributed by atoms with van der Waals surface area (Å²) in [6.45, 7) is 0. The molecule has 164 valence electrons. The van der Waals surface area contributed by atoms with Gasteiger partial charge < -0.3 is 4.57 Å². The Kier molecular flexibility index (Phi) is 3.63. The number of aromatic nitrogens is 4. The second-order valence-electron chi connectivity index (χ2n) is 8.93. The summed E-state index contributed by atoms with van der Waals surface area (Å²) in [5.74, 6) is 0. The van der Waals surface area contributed by atoms with Crippen LogP contribution in [0.25, 0.3) is 60.9 Å². The fourth-order valence-corrected chi connectivity index (χ4v) is 5.61. The van der Waals surface area contributed by atoms with Crippen molar-refractivity contribution in [2.75, 3.05) is 0 Å². The lowest BCUT2D eigenvalue weighted by Gasteiger charge is -2.12. The first kappa shape index (κ1) is 18.6. The minimum absolute atomic E-state index is 0.961. The largest absolute Gasteiger partial charge is 0.313 e. The Morgan fingerprint density at radius 2 is 1.20 bits per heavy atom. The van der Waals surface area contributed by atoms with Gasteiger partial charge >= 0.3 is 0 Å². The van der Waals surface area contributed by atoms with Crippen LogP contribution in [-0.2, 0) is 0 Å². The highest BCUT2D eigenvalue weighted by molar-refractivity contribution is 6.23. The minimum atomic E-state index is 0.961. The summed E-state index contributed by atoms with van der Waals surface area (Å²) >= 11 is 0. The molecule has 4 nitrogen and oxygen atoms in total. The van der Waals surface area contributed by atoms with Crippen LogP contribution in [0.4, 0.5) is 0 Å². The van der Waals surface area contributed by atoms with Gasteiger partial charge in [0.25, 0.3) is 0 Å². The highest BCUT2D eigenvalue weighted by Gasteiger charge is 2.23. The Morgan fingerprint density at radius 3 is 2.00 bits per heavy atom. The van der Waals surface area contributed by atoms with Crippen LogP contribution < -0.4 is 0 Å². The smallest absolute Gasteiger partial charge is 0.164 e. The van der Waals surface area contributed by atoms with Gasteiger partial charge in [-0.1, -0.05) is 66.7 Å². The number of benzene rings is 4. The standard InChI is InChI=1S/C31H20N4/c1-3-11-21(12-4-1)33-20-19-24-28-23-15-7-9-17-26(23)34(22-13-5-2-6-14-22)31(28)35-27-18-10-8-16-25(27)32-30(35)29(24)33/h1-20H. The second kappa shape index (κ2) is 6.84. The molecule has 4 aromatic carbocycles. The maximum atomic E-state index is 5.19. The van der Waals surface area contributed by atoms with Gasteiger partial charge in [-0.25, -0.2) is 4.98 Å². The molecule has 0 saturated carbocycles. The van der Waals surface area contributed by atoms with E-state index < -0.39 is 0 Å². The van der Waals surface area contributed by atoms with Crippen molar-refractivity contribution < 1.29 is 0 Å². The molecule has 0 amide bonds. The normalized spacial score (nSPS) is 12.0. The lowest BCUT2D eigenvalue weighted by Crippen LogP contribution is -2.01. The van der Waals surface area contributed by atoms with Gasteiger partial charge in [-0.3, -0.25) is 8.97 Å². The molecule has 4 heterocycles.